The lowest BCUT2D eigenvalue weighted by Gasteiger charge is -2.03. The molecule has 0 spiro atoms. The van der Waals surface area contributed by atoms with Crippen molar-refractivity contribution in [2.75, 3.05) is 11.6 Å². The topological polar surface area (TPSA) is 72.0 Å². The fourth-order valence-corrected chi connectivity index (χ4v) is 4.82. The van der Waals surface area contributed by atoms with Crippen molar-refractivity contribution < 1.29 is 8.42 Å². The molecule has 28 heavy (non-hydrogen) atoms. The van der Waals surface area contributed by atoms with Gasteiger partial charge in [0.15, 0.2) is 15.0 Å². The molecule has 0 aliphatic rings. The van der Waals surface area contributed by atoms with Crippen molar-refractivity contribution in [2.24, 2.45) is 0 Å². The Morgan fingerprint density at radius 2 is 1.54 bits per heavy atom. The zero-order chi connectivity index (χ0) is 19.7. The Kier molecular flexibility index (Phi) is 5.01. The molecular weight excluding hydrogens is 410 g/mol. The highest BCUT2D eigenvalue weighted by molar-refractivity contribution is 7.90. The van der Waals surface area contributed by atoms with E-state index < -0.39 is 9.84 Å². The molecule has 0 unspecified atom stereocenters. The first-order chi connectivity index (χ1) is 13.4. The normalized spacial score (nSPS) is 11.5. The molecule has 142 valence electrons. The maximum Gasteiger partial charge on any atom is 0.187 e. The van der Waals surface area contributed by atoms with Crippen LogP contribution in [0.1, 0.15) is 5.69 Å². The van der Waals surface area contributed by atoms with Crippen molar-refractivity contribution in [3.63, 3.8) is 0 Å². The minimum Gasteiger partial charge on any atom is -0.332 e. The summed E-state index contributed by atoms with van der Waals surface area (Å²) in [7, 11) is -3.19. The first kappa shape index (κ1) is 18.8. The average molecular weight is 428 g/mol. The Balaban J connectivity index is 1.52. The van der Waals surface area contributed by atoms with E-state index in [1.165, 1.54) is 6.26 Å². The molecular formula is C20H17N3O2S3. The molecule has 0 atom stereocenters. The molecule has 0 amide bonds. The van der Waals surface area contributed by atoms with Gasteiger partial charge in [-0.15, -0.1) is 22.7 Å². The molecule has 8 heteroatoms. The third-order valence-electron chi connectivity index (χ3n) is 4.08. The molecule has 1 N–H and O–H groups in total. The van der Waals surface area contributed by atoms with Crippen molar-refractivity contribution in [3.8, 4) is 21.8 Å². The lowest BCUT2D eigenvalue weighted by atomic mass is 10.2. The highest BCUT2D eigenvalue weighted by Gasteiger charge is 2.10. The summed E-state index contributed by atoms with van der Waals surface area (Å²) < 4.78 is 23.2. The van der Waals surface area contributed by atoms with Crippen LogP contribution in [-0.4, -0.2) is 24.6 Å². The van der Waals surface area contributed by atoms with Crippen LogP contribution in [0.2, 0.25) is 0 Å². The maximum absolute atomic E-state index is 11.6. The molecule has 4 aromatic rings. The van der Waals surface area contributed by atoms with E-state index >= 15 is 0 Å². The van der Waals surface area contributed by atoms with Crippen LogP contribution < -0.4 is 5.32 Å². The Labute approximate surface area is 171 Å². The largest absolute Gasteiger partial charge is 0.332 e. The van der Waals surface area contributed by atoms with Crippen LogP contribution in [0.15, 0.2) is 64.2 Å². The lowest BCUT2D eigenvalue weighted by Crippen LogP contribution is -1.96. The van der Waals surface area contributed by atoms with Gasteiger partial charge in [0.2, 0.25) is 0 Å². The highest BCUT2D eigenvalue weighted by Crippen LogP contribution is 2.30. The Morgan fingerprint density at radius 3 is 2.14 bits per heavy atom. The number of hydrogen-bond donors (Lipinski definition) is 1. The zero-order valence-electron chi connectivity index (χ0n) is 15.2. The average Bonchev–Trinajstić information content (AvgIpc) is 3.31. The second-order valence-corrected chi connectivity index (χ2v) is 10.1. The van der Waals surface area contributed by atoms with E-state index in [1.807, 2.05) is 41.9 Å². The molecule has 2 aromatic heterocycles. The summed E-state index contributed by atoms with van der Waals surface area (Å²) in [5, 5.41) is 9.07. The van der Waals surface area contributed by atoms with E-state index in [2.05, 4.69) is 10.3 Å². The Bertz CT molecular complexity index is 1210. The van der Waals surface area contributed by atoms with Gasteiger partial charge in [0.25, 0.3) is 0 Å². The number of aryl methyl sites for hydroxylation is 1. The molecule has 0 saturated heterocycles. The van der Waals surface area contributed by atoms with Crippen LogP contribution in [0.3, 0.4) is 0 Å². The molecule has 5 nitrogen and oxygen atoms in total. The molecule has 2 aromatic carbocycles. The Morgan fingerprint density at radius 1 is 0.857 bits per heavy atom. The zero-order valence-corrected chi connectivity index (χ0v) is 17.7. The van der Waals surface area contributed by atoms with Gasteiger partial charge in [0, 0.05) is 33.8 Å². The summed E-state index contributed by atoms with van der Waals surface area (Å²) in [4.78, 5) is 9.41. The van der Waals surface area contributed by atoms with Crippen molar-refractivity contribution in [3.05, 3.63) is 65.0 Å². The fourth-order valence-electron chi connectivity index (χ4n) is 2.64. The van der Waals surface area contributed by atoms with E-state index in [0.717, 1.165) is 38.3 Å². The van der Waals surface area contributed by atoms with Crippen LogP contribution >= 0.6 is 22.7 Å². The van der Waals surface area contributed by atoms with Gasteiger partial charge >= 0.3 is 0 Å². The number of rotatable bonds is 5. The quantitative estimate of drug-likeness (QED) is 0.462. The number of aromatic nitrogens is 2. The summed E-state index contributed by atoms with van der Waals surface area (Å²) in [6.07, 6.45) is 1.21. The summed E-state index contributed by atoms with van der Waals surface area (Å²) in [6.45, 7) is 1.97. The predicted molar refractivity (Wildman–Crippen MR) is 116 cm³/mol. The van der Waals surface area contributed by atoms with Crippen LogP contribution in [0, 0.1) is 6.92 Å². The van der Waals surface area contributed by atoms with E-state index in [4.69, 9.17) is 4.98 Å². The molecule has 2 heterocycles. The van der Waals surface area contributed by atoms with E-state index in [1.54, 1.807) is 46.9 Å². The van der Waals surface area contributed by atoms with Gasteiger partial charge < -0.3 is 5.32 Å². The number of hydrogen-bond acceptors (Lipinski definition) is 7. The molecule has 0 aliphatic carbocycles. The number of anilines is 2. The van der Waals surface area contributed by atoms with E-state index in [0.29, 0.717) is 4.90 Å². The number of sulfone groups is 1. The monoisotopic (exact) mass is 427 g/mol. The third-order valence-corrected chi connectivity index (χ3v) is 6.98. The minimum atomic E-state index is -3.19. The van der Waals surface area contributed by atoms with Gasteiger partial charge in [-0.2, -0.15) is 0 Å². The van der Waals surface area contributed by atoms with Crippen LogP contribution in [0.4, 0.5) is 10.8 Å². The highest BCUT2D eigenvalue weighted by atomic mass is 32.2. The second kappa shape index (κ2) is 7.46. The maximum atomic E-state index is 11.6. The van der Waals surface area contributed by atoms with Gasteiger partial charge in [0.05, 0.1) is 16.3 Å². The van der Waals surface area contributed by atoms with Crippen molar-refractivity contribution in [2.45, 2.75) is 11.8 Å². The molecule has 0 saturated carbocycles. The minimum absolute atomic E-state index is 0.310. The molecule has 0 aliphatic heterocycles. The Hall–Kier alpha value is -2.55. The second-order valence-electron chi connectivity index (χ2n) is 6.33. The van der Waals surface area contributed by atoms with Gasteiger partial charge in [-0.05, 0) is 43.3 Å². The lowest BCUT2D eigenvalue weighted by molar-refractivity contribution is 0.602. The van der Waals surface area contributed by atoms with E-state index in [9.17, 15) is 8.42 Å². The predicted octanol–water partition coefficient (Wildman–Crippen LogP) is 5.39. The molecule has 0 radical (unpaired) electrons. The smallest absolute Gasteiger partial charge is 0.187 e. The van der Waals surface area contributed by atoms with Crippen LogP contribution in [-0.2, 0) is 9.84 Å². The van der Waals surface area contributed by atoms with E-state index in [-0.39, 0.29) is 0 Å². The van der Waals surface area contributed by atoms with Gasteiger partial charge in [-0.25, -0.2) is 18.4 Å². The molecule has 0 bridgehead atoms. The van der Waals surface area contributed by atoms with Crippen molar-refractivity contribution in [1.29, 1.82) is 0 Å². The number of thiazole rings is 2. The molecule has 4 rings (SSSR count). The van der Waals surface area contributed by atoms with Gasteiger partial charge in [0.1, 0.15) is 5.01 Å². The number of nitrogens with zero attached hydrogens (tertiary/aromatic N) is 2. The summed E-state index contributed by atoms with van der Waals surface area (Å²) in [5.41, 5.74) is 4.74. The van der Waals surface area contributed by atoms with Crippen molar-refractivity contribution >= 4 is 43.3 Å². The summed E-state index contributed by atoms with van der Waals surface area (Å²) in [6, 6.07) is 14.9. The molecule has 0 fully saturated rings. The first-order valence-electron chi connectivity index (χ1n) is 8.44. The standard InChI is InChI=1S/C20H17N3O2S3/c1-13-11-27-20(21-13)22-16-7-3-15(4-8-16)19-23-18(12-26-19)14-5-9-17(10-6-14)28(2,24)25/h3-12H,1-2H3,(H,21,22). The van der Waals surface area contributed by atoms with Gasteiger partial charge in [-0.3, -0.25) is 0 Å². The van der Waals surface area contributed by atoms with Gasteiger partial charge in [-0.1, -0.05) is 12.1 Å². The van der Waals surface area contributed by atoms with Crippen LogP contribution in [0.5, 0.6) is 0 Å². The first-order valence-corrected chi connectivity index (χ1v) is 12.1. The third kappa shape index (κ3) is 4.14. The fraction of sp³-hybridized carbons (Fsp3) is 0.100. The SMILES string of the molecule is Cc1csc(Nc2ccc(-c3nc(-c4ccc(S(C)(=O)=O)cc4)cs3)cc2)n1. The summed E-state index contributed by atoms with van der Waals surface area (Å²) in [5.74, 6) is 0. The van der Waals surface area contributed by atoms with Crippen molar-refractivity contribution in [1.82, 2.24) is 9.97 Å². The van der Waals surface area contributed by atoms with Crippen LogP contribution in [0.25, 0.3) is 21.8 Å². The number of benzene rings is 2. The summed E-state index contributed by atoms with van der Waals surface area (Å²) >= 11 is 3.14. The number of nitrogens with one attached hydrogen (secondary N) is 1.